The van der Waals surface area contributed by atoms with E-state index >= 15 is 0 Å². The lowest BCUT2D eigenvalue weighted by molar-refractivity contribution is 0.304. The molecule has 2 aromatic rings. The van der Waals surface area contributed by atoms with Crippen molar-refractivity contribution in [1.82, 2.24) is 10.6 Å². The molecule has 2 N–H and O–H groups in total. The Labute approximate surface area is 170 Å². The Morgan fingerprint density at radius 3 is 2.52 bits per heavy atom. The monoisotopic (exact) mass is 400 g/mol. The molecule has 1 aliphatic heterocycles. The van der Waals surface area contributed by atoms with Crippen LogP contribution >= 0.6 is 0 Å². The van der Waals surface area contributed by atoms with Crippen LogP contribution in [0.1, 0.15) is 12.5 Å². The van der Waals surface area contributed by atoms with Gasteiger partial charge >= 0.3 is 0 Å². The van der Waals surface area contributed by atoms with Gasteiger partial charge in [-0.25, -0.2) is 13.8 Å². The van der Waals surface area contributed by atoms with Gasteiger partial charge in [-0.1, -0.05) is 24.3 Å². The molecular formula is C22H26F2N4O. The number of aliphatic imine (C=N–C) groups is 1. The number of benzene rings is 2. The van der Waals surface area contributed by atoms with E-state index < -0.39 is 11.6 Å². The lowest BCUT2D eigenvalue weighted by Crippen LogP contribution is -2.39. The van der Waals surface area contributed by atoms with Crippen molar-refractivity contribution in [3.05, 3.63) is 71.8 Å². The summed E-state index contributed by atoms with van der Waals surface area (Å²) in [6.45, 7) is 5.82. The zero-order valence-electron chi connectivity index (χ0n) is 16.5. The zero-order chi connectivity index (χ0) is 20.5. The number of nitrogens with zero attached hydrogens (tertiary/aromatic N) is 2. The number of hydrogen-bond acceptors (Lipinski definition) is 3. The predicted octanol–water partition coefficient (Wildman–Crippen LogP) is 3.48. The molecule has 0 aromatic heterocycles. The molecule has 7 heteroatoms. The van der Waals surface area contributed by atoms with Crippen LogP contribution in [-0.2, 0) is 6.54 Å². The van der Waals surface area contributed by atoms with Gasteiger partial charge < -0.3 is 20.3 Å². The van der Waals surface area contributed by atoms with Gasteiger partial charge in [0, 0.05) is 31.4 Å². The normalized spacial score (nSPS) is 13.6. The third-order valence-electron chi connectivity index (χ3n) is 4.43. The second-order valence-electron chi connectivity index (χ2n) is 6.59. The minimum Gasteiger partial charge on any atom is -0.489 e. The molecule has 0 fully saturated rings. The highest BCUT2D eigenvalue weighted by Gasteiger charge is 2.07. The maximum absolute atomic E-state index is 13.6. The highest BCUT2D eigenvalue weighted by atomic mass is 19.1. The molecule has 0 unspecified atom stereocenters. The Morgan fingerprint density at radius 1 is 1.07 bits per heavy atom. The van der Waals surface area contributed by atoms with Crippen molar-refractivity contribution in [2.24, 2.45) is 4.99 Å². The van der Waals surface area contributed by atoms with E-state index in [0.717, 1.165) is 31.3 Å². The van der Waals surface area contributed by atoms with Crippen LogP contribution in [0, 0.1) is 11.6 Å². The summed E-state index contributed by atoms with van der Waals surface area (Å²) in [6.07, 6.45) is 4.33. The SMILES string of the molecule is CCNC(=NCc1ccc(N2CC=CC2)cc1)NCCOc1ccc(F)cc1F. The average Bonchev–Trinajstić information content (AvgIpc) is 3.26. The second-order valence-corrected chi connectivity index (χ2v) is 6.59. The number of hydrogen-bond donors (Lipinski definition) is 2. The molecule has 1 heterocycles. The van der Waals surface area contributed by atoms with E-state index in [9.17, 15) is 8.78 Å². The molecule has 0 amide bonds. The molecule has 29 heavy (non-hydrogen) atoms. The molecule has 0 saturated carbocycles. The van der Waals surface area contributed by atoms with Crippen LogP contribution in [0.15, 0.2) is 59.6 Å². The molecule has 0 atom stereocenters. The molecule has 154 valence electrons. The van der Waals surface area contributed by atoms with E-state index in [4.69, 9.17) is 4.74 Å². The summed E-state index contributed by atoms with van der Waals surface area (Å²) in [5, 5.41) is 6.32. The third kappa shape index (κ3) is 6.20. The summed E-state index contributed by atoms with van der Waals surface area (Å²) in [4.78, 5) is 6.87. The van der Waals surface area contributed by atoms with Gasteiger partial charge in [0.1, 0.15) is 12.4 Å². The Morgan fingerprint density at radius 2 is 1.83 bits per heavy atom. The maximum atomic E-state index is 13.6. The first-order valence-corrected chi connectivity index (χ1v) is 9.74. The molecule has 1 aliphatic rings. The van der Waals surface area contributed by atoms with Crippen molar-refractivity contribution in [2.75, 3.05) is 37.7 Å². The Hall–Kier alpha value is -3.09. The van der Waals surface area contributed by atoms with Gasteiger partial charge in [0.2, 0.25) is 0 Å². The summed E-state index contributed by atoms with van der Waals surface area (Å²) >= 11 is 0. The summed E-state index contributed by atoms with van der Waals surface area (Å²) in [5.74, 6) is -0.648. The summed E-state index contributed by atoms with van der Waals surface area (Å²) < 4.78 is 31.8. The lowest BCUT2D eigenvalue weighted by atomic mass is 10.2. The van der Waals surface area contributed by atoms with Gasteiger partial charge in [-0.15, -0.1) is 0 Å². The van der Waals surface area contributed by atoms with Crippen molar-refractivity contribution in [2.45, 2.75) is 13.5 Å². The quantitative estimate of drug-likeness (QED) is 0.308. The van der Waals surface area contributed by atoms with Gasteiger partial charge in [0.15, 0.2) is 17.5 Å². The Kier molecular flexibility index (Phi) is 7.44. The van der Waals surface area contributed by atoms with Crippen molar-refractivity contribution in [3.63, 3.8) is 0 Å². The zero-order valence-corrected chi connectivity index (χ0v) is 16.5. The van der Waals surface area contributed by atoms with Crippen LogP contribution < -0.4 is 20.3 Å². The number of halogens is 2. The molecule has 0 aliphatic carbocycles. The van der Waals surface area contributed by atoms with Crippen molar-refractivity contribution in [1.29, 1.82) is 0 Å². The maximum Gasteiger partial charge on any atom is 0.191 e. The second kappa shape index (κ2) is 10.5. The van der Waals surface area contributed by atoms with Gasteiger partial charge in [-0.2, -0.15) is 0 Å². The van der Waals surface area contributed by atoms with E-state index in [-0.39, 0.29) is 12.4 Å². The molecular weight excluding hydrogens is 374 g/mol. The van der Waals surface area contributed by atoms with E-state index in [1.165, 1.54) is 17.8 Å². The fourth-order valence-electron chi connectivity index (χ4n) is 2.94. The smallest absolute Gasteiger partial charge is 0.191 e. The number of ether oxygens (including phenoxy) is 1. The molecule has 0 saturated heterocycles. The van der Waals surface area contributed by atoms with Gasteiger partial charge in [0.25, 0.3) is 0 Å². The van der Waals surface area contributed by atoms with Gasteiger partial charge in [-0.3, -0.25) is 0 Å². The van der Waals surface area contributed by atoms with Crippen LogP contribution in [0.5, 0.6) is 5.75 Å². The first kappa shape index (κ1) is 20.6. The van der Waals surface area contributed by atoms with Crippen LogP contribution in [-0.4, -0.2) is 38.7 Å². The third-order valence-corrected chi connectivity index (χ3v) is 4.43. The lowest BCUT2D eigenvalue weighted by Gasteiger charge is -2.17. The molecule has 3 rings (SSSR count). The van der Waals surface area contributed by atoms with E-state index in [2.05, 4.69) is 56.9 Å². The highest BCUT2D eigenvalue weighted by molar-refractivity contribution is 5.79. The van der Waals surface area contributed by atoms with Crippen molar-refractivity contribution < 1.29 is 13.5 Å². The number of guanidine groups is 1. The fraction of sp³-hybridized carbons (Fsp3) is 0.318. The van der Waals surface area contributed by atoms with Crippen LogP contribution in [0.2, 0.25) is 0 Å². The number of anilines is 1. The Balaban J connectivity index is 1.47. The van der Waals surface area contributed by atoms with Crippen LogP contribution in [0.3, 0.4) is 0 Å². The van der Waals surface area contributed by atoms with Crippen molar-refractivity contribution in [3.8, 4) is 5.75 Å². The van der Waals surface area contributed by atoms with E-state index in [1.807, 2.05) is 6.92 Å². The van der Waals surface area contributed by atoms with E-state index in [0.29, 0.717) is 19.0 Å². The van der Waals surface area contributed by atoms with Crippen LogP contribution in [0.4, 0.5) is 14.5 Å². The molecule has 2 aromatic carbocycles. The first-order chi connectivity index (χ1) is 14.2. The molecule has 0 radical (unpaired) electrons. The predicted molar refractivity (Wildman–Crippen MR) is 112 cm³/mol. The average molecular weight is 400 g/mol. The summed E-state index contributed by atoms with van der Waals surface area (Å²) in [5.41, 5.74) is 2.32. The highest BCUT2D eigenvalue weighted by Crippen LogP contribution is 2.18. The Bertz CT molecular complexity index is 844. The van der Waals surface area contributed by atoms with Gasteiger partial charge in [0.05, 0.1) is 13.1 Å². The number of nitrogens with one attached hydrogen (secondary N) is 2. The minimum absolute atomic E-state index is 0.0310. The molecule has 0 bridgehead atoms. The number of rotatable bonds is 8. The van der Waals surface area contributed by atoms with E-state index in [1.54, 1.807) is 0 Å². The van der Waals surface area contributed by atoms with Gasteiger partial charge in [-0.05, 0) is 36.8 Å². The van der Waals surface area contributed by atoms with Crippen molar-refractivity contribution >= 4 is 11.6 Å². The fourth-order valence-corrected chi connectivity index (χ4v) is 2.94. The molecule has 0 spiro atoms. The molecule has 5 nitrogen and oxygen atoms in total. The first-order valence-electron chi connectivity index (χ1n) is 9.74. The van der Waals surface area contributed by atoms with Crippen LogP contribution in [0.25, 0.3) is 0 Å². The summed E-state index contributed by atoms with van der Waals surface area (Å²) in [6, 6.07) is 11.7. The topological polar surface area (TPSA) is 48.9 Å². The largest absolute Gasteiger partial charge is 0.489 e. The standard InChI is InChI=1S/C22H26F2N4O/c1-2-25-22(26-11-14-29-21-10-7-18(23)15-20(21)24)27-16-17-5-8-19(9-6-17)28-12-3-4-13-28/h3-10,15H,2,11-14,16H2,1H3,(H2,25,26,27). The summed E-state index contributed by atoms with van der Waals surface area (Å²) in [7, 11) is 0. The minimum atomic E-state index is -0.710.